The van der Waals surface area contributed by atoms with E-state index in [1.54, 1.807) is 12.1 Å². The molecule has 0 spiro atoms. The molecule has 3 rings (SSSR count). The molecule has 0 aromatic heterocycles. The zero-order valence-electron chi connectivity index (χ0n) is 15.8. The third-order valence-electron chi connectivity index (χ3n) is 5.09. The van der Waals surface area contributed by atoms with Crippen LogP contribution in [0.5, 0.6) is 5.75 Å². The first kappa shape index (κ1) is 19.0. The maximum atomic E-state index is 13.0. The topological polar surface area (TPSA) is 67.4 Å². The Labute approximate surface area is 160 Å². The number of benzene rings is 2. The van der Waals surface area contributed by atoms with Crippen LogP contribution in [0.3, 0.4) is 0 Å². The van der Waals surface area contributed by atoms with Crippen LogP contribution in [0.1, 0.15) is 48.7 Å². The molecule has 3 atom stereocenters. The molecule has 142 valence electrons. The standard InChI is InChI=1S/C22H26N2O3/c1-3-15(2)20(24-21(25)16-9-5-4-6-10-16)22(26)23-18-13-14-27-19-12-8-7-11-17(18)19/h4-12,15,18,20H,3,13-14H2,1-2H3,(H,23,26)(H,24,25)/t15-,18-,20-/m0/s1. The average Bonchev–Trinajstić information content (AvgIpc) is 2.72. The van der Waals surface area contributed by atoms with E-state index in [2.05, 4.69) is 10.6 Å². The molecule has 2 aromatic carbocycles. The van der Waals surface area contributed by atoms with E-state index in [1.165, 1.54) is 0 Å². The molecule has 2 amide bonds. The van der Waals surface area contributed by atoms with Crippen molar-refractivity contribution in [3.63, 3.8) is 0 Å². The molecule has 0 aliphatic carbocycles. The Bertz CT molecular complexity index is 791. The third-order valence-corrected chi connectivity index (χ3v) is 5.09. The van der Waals surface area contributed by atoms with E-state index in [4.69, 9.17) is 4.74 Å². The lowest BCUT2D eigenvalue weighted by atomic mass is 9.95. The largest absolute Gasteiger partial charge is 0.493 e. The van der Waals surface area contributed by atoms with Crippen molar-refractivity contribution in [2.75, 3.05) is 6.61 Å². The highest BCUT2D eigenvalue weighted by Gasteiger charge is 2.30. The third kappa shape index (κ3) is 4.48. The van der Waals surface area contributed by atoms with Crippen molar-refractivity contribution in [2.45, 2.75) is 38.8 Å². The van der Waals surface area contributed by atoms with Gasteiger partial charge in [0.1, 0.15) is 11.8 Å². The predicted molar refractivity (Wildman–Crippen MR) is 105 cm³/mol. The average molecular weight is 366 g/mol. The number of hydrogen-bond donors (Lipinski definition) is 2. The van der Waals surface area contributed by atoms with E-state index in [0.29, 0.717) is 18.6 Å². The van der Waals surface area contributed by atoms with Crippen molar-refractivity contribution < 1.29 is 14.3 Å². The monoisotopic (exact) mass is 366 g/mol. The van der Waals surface area contributed by atoms with Gasteiger partial charge in [-0.1, -0.05) is 56.7 Å². The van der Waals surface area contributed by atoms with Gasteiger partial charge >= 0.3 is 0 Å². The molecule has 1 heterocycles. The van der Waals surface area contributed by atoms with E-state index >= 15 is 0 Å². The van der Waals surface area contributed by atoms with Gasteiger partial charge in [0.2, 0.25) is 5.91 Å². The van der Waals surface area contributed by atoms with Gasteiger partial charge in [-0.05, 0) is 24.1 Å². The summed E-state index contributed by atoms with van der Waals surface area (Å²) < 4.78 is 5.67. The number of hydrogen-bond acceptors (Lipinski definition) is 3. The number of fused-ring (bicyclic) bond motifs is 1. The fraction of sp³-hybridized carbons (Fsp3) is 0.364. The number of carbonyl (C=O) groups is 2. The molecule has 0 saturated carbocycles. The fourth-order valence-electron chi connectivity index (χ4n) is 3.27. The Morgan fingerprint density at radius 1 is 1.11 bits per heavy atom. The summed E-state index contributed by atoms with van der Waals surface area (Å²) in [5.74, 6) is 0.439. The second kappa shape index (κ2) is 8.71. The van der Waals surface area contributed by atoms with Crippen LogP contribution in [0.2, 0.25) is 0 Å². The van der Waals surface area contributed by atoms with E-state index in [-0.39, 0.29) is 23.8 Å². The van der Waals surface area contributed by atoms with Gasteiger partial charge in [-0.15, -0.1) is 0 Å². The van der Waals surface area contributed by atoms with Crippen LogP contribution in [-0.2, 0) is 4.79 Å². The summed E-state index contributed by atoms with van der Waals surface area (Å²) in [5, 5.41) is 6.03. The van der Waals surface area contributed by atoms with Crippen LogP contribution < -0.4 is 15.4 Å². The summed E-state index contributed by atoms with van der Waals surface area (Å²) in [6.07, 6.45) is 1.50. The van der Waals surface area contributed by atoms with Crippen LogP contribution in [-0.4, -0.2) is 24.5 Å². The number of nitrogens with one attached hydrogen (secondary N) is 2. The normalized spacial score (nSPS) is 17.8. The zero-order chi connectivity index (χ0) is 19.2. The van der Waals surface area contributed by atoms with Gasteiger partial charge in [-0.3, -0.25) is 9.59 Å². The first-order valence-electron chi connectivity index (χ1n) is 9.48. The Hall–Kier alpha value is -2.82. The Kier molecular flexibility index (Phi) is 6.12. The smallest absolute Gasteiger partial charge is 0.251 e. The molecular formula is C22H26N2O3. The van der Waals surface area contributed by atoms with Gasteiger partial charge in [0.25, 0.3) is 5.91 Å². The van der Waals surface area contributed by atoms with Gasteiger partial charge in [0, 0.05) is 17.5 Å². The van der Waals surface area contributed by atoms with Crippen molar-refractivity contribution >= 4 is 11.8 Å². The van der Waals surface area contributed by atoms with Crippen LogP contribution in [0.15, 0.2) is 54.6 Å². The summed E-state index contributed by atoms with van der Waals surface area (Å²) in [6.45, 7) is 4.56. The molecule has 0 bridgehead atoms. The number of ether oxygens (including phenoxy) is 1. The maximum absolute atomic E-state index is 13.0. The minimum Gasteiger partial charge on any atom is -0.493 e. The number of rotatable bonds is 6. The van der Waals surface area contributed by atoms with Crippen molar-refractivity contribution in [1.29, 1.82) is 0 Å². The van der Waals surface area contributed by atoms with Gasteiger partial charge in [-0.25, -0.2) is 0 Å². The van der Waals surface area contributed by atoms with Gasteiger partial charge < -0.3 is 15.4 Å². The molecular weight excluding hydrogens is 340 g/mol. The highest BCUT2D eigenvalue weighted by Crippen LogP contribution is 2.31. The summed E-state index contributed by atoms with van der Waals surface area (Å²) in [5.41, 5.74) is 1.53. The second-order valence-corrected chi connectivity index (χ2v) is 6.94. The first-order valence-corrected chi connectivity index (χ1v) is 9.48. The van der Waals surface area contributed by atoms with Crippen LogP contribution in [0.4, 0.5) is 0 Å². The molecule has 5 heteroatoms. The minimum atomic E-state index is -0.585. The second-order valence-electron chi connectivity index (χ2n) is 6.94. The molecule has 2 aromatic rings. The summed E-state index contributed by atoms with van der Waals surface area (Å²) in [4.78, 5) is 25.6. The van der Waals surface area contributed by atoms with Gasteiger partial charge in [-0.2, -0.15) is 0 Å². The molecule has 0 saturated heterocycles. The quantitative estimate of drug-likeness (QED) is 0.823. The van der Waals surface area contributed by atoms with Crippen LogP contribution >= 0.6 is 0 Å². The number of para-hydroxylation sites is 1. The SMILES string of the molecule is CC[C@H](C)[C@H](NC(=O)c1ccccc1)C(=O)N[C@H]1CCOc2ccccc21. The van der Waals surface area contributed by atoms with Crippen molar-refractivity contribution in [1.82, 2.24) is 10.6 Å². The molecule has 0 radical (unpaired) electrons. The van der Waals surface area contributed by atoms with Crippen molar-refractivity contribution in [3.05, 3.63) is 65.7 Å². The van der Waals surface area contributed by atoms with Crippen molar-refractivity contribution in [3.8, 4) is 5.75 Å². The first-order chi connectivity index (χ1) is 13.1. The summed E-state index contributed by atoms with van der Waals surface area (Å²) >= 11 is 0. The highest BCUT2D eigenvalue weighted by molar-refractivity contribution is 5.97. The van der Waals surface area contributed by atoms with E-state index in [9.17, 15) is 9.59 Å². The van der Waals surface area contributed by atoms with Crippen LogP contribution in [0, 0.1) is 5.92 Å². The summed E-state index contributed by atoms with van der Waals surface area (Å²) in [6, 6.07) is 16.0. The Balaban J connectivity index is 1.74. The molecule has 2 N–H and O–H groups in total. The lowest BCUT2D eigenvalue weighted by Gasteiger charge is -2.30. The number of amides is 2. The van der Waals surface area contributed by atoms with Gasteiger partial charge in [0.05, 0.1) is 12.6 Å². The van der Waals surface area contributed by atoms with Crippen LogP contribution in [0.25, 0.3) is 0 Å². The number of carbonyl (C=O) groups excluding carboxylic acids is 2. The van der Waals surface area contributed by atoms with Gasteiger partial charge in [0.15, 0.2) is 0 Å². The molecule has 0 fully saturated rings. The molecule has 5 nitrogen and oxygen atoms in total. The fourth-order valence-corrected chi connectivity index (χ4v) is 3.27. The Morgan fingerprint density at radius 3 is 2.56 bits per heavy atom. The zero-order valence-corrected chi connectivity index (χ0v) is 15.8. The predicted octanol–water partition coefficient (Wildman–Crippen LogP) is 3.47. The minimum absolute atomic E-state index is 0.0211. The molecule has 1 aliphatic rings. The van der Waals surface area contributed by atoms with E-state index in [1.807, 2.05) is 56.3 Å². The lowest BCUT2D eigenvalue weighted by Crippen LogP contribution is -2.51. The van der Waals surface area contributed by atoms with Crippen molar-refractivity contribution in [2.24, 2.45) is 5.92 Å². The molecule has 27 heavy (non-hydrogen) atoms. The highest BCUT2D eigenvalue weighted by atomic mass is 16.5. The summed E-state index contributed by atoms with van der Waals surface area (Å²) in [7, 11) is 0. The lowest BCUT2D eigenvalue weighted by molar-refractivity contribution is -0.125. The maximum Gasteiger partial charge on any atom is 0.251 e. The molecule has 0 unspecified atom stereocenters. The van der Waals surface area contributed by atoms with E-state index < -0.39 is 6.04 Å². The molecule has 1 aliphatic heterocycles. The Morgan fingerprint density at radius 2 is 1.81 bits per heavy atom. The van der Waals surface area contributed by atoms with E-state index in [0.717, 1.165) is 17.7 Å².